The van der Waals surface area contributed by atoms with Gasteiger partial charge >= 0.3 is 0 Å². The predicted molar refractivity (Wildman–Crippen MR) is 72.2 cm³/mol. The molecule has 0 bridgehead atoms. The number of aliphatic hydroxyl groups is 1. The molecule has 1 aliphatic rings. The number of amides is 2. The number of primary amides is 1. The van der Waals surface area contributed by atoms with Crippen LogP contribution in [0.4, 0.5) is 4.39 Å². The molecule has 1 fully saturated rings. The monoisotopic (exact) mass is 296 g/mol. The highest BCUT2D eigenvalue weighted by atomic mass is 19.1. The number of benzene rings is 1. The van der Waals surface area contributed by atoms with Crippen LogP contribution in [0.1, 0.15) is 23.2 Å². The molecule has 2 rings (SSSR count). The van der Waals surface area contributed by atoms with Crippen LogP contribution < -0.4 is 10.5 Å². The molecule has 7 heteroatoms. The highest BCUT2D eigenvalue weighted by Gasteiger charge is 2.40. The first-order chi connectivity index (χ1) is 9.87. The zero-order chi connectivity index (χ0) is 15.6. The lowest BCUT2D eigenvalue weighted by Gasteiger charge is -2.37. The highest BCUT2D eigenvalue weighted by molar-refractivity contribution is 5.97. The van der Waals surface area contributed by atoms with Crippen molar-refractivity contribution in [3.8, 4) is 5.75 Å². The van der Waals surface area contributed by atoms with Crippen LogP contribution in [0.25, 0.3) is 0 Å². The lowest BCUT2D eigenvalue weighted by atomic mass is 9.91. The summed E-state index contributed by atoms with van der Waals surface area (Å²) in [6.07, 6.45) is 0.634. The normalized spacial score (nSPS) is 22.0. The first kappa shape index (κ1) is 15.2. The van der Waals surface area contributed by atoms with Crippen LogP contribution in [0, 0.1) is 5.82 Å². The molecule has 1 saturated heterocycles. The molecule has 1 unspecified atom stereocenters. The maximum atomic E-state index is 13.3. The van der Waals surface area contributed by atoms with Crippen LogP contribution in [0.2, 0.25) is 0 Å². The number of hydrogen-bond acceptors (Lipinski definition) is 4. The second kappa shape index (κ2) is 5.69. The van der Waals surface area contributed by atoms with E-state index in [4.69, 9.17) is 10.5 Å². The molecule has 6 nitrogen and oxygen atoms in total. The van der Waals surface area contributed by atoms with Crippen molar-refractivity contribution in [1.29, 1.82) is 0 Å². The zero-order valence-corrected chi connectivity index (χ0v) is 11.6. The minimum Gasteiger partial charge on any atom is -0.496 e. The van der Waals surface area contributed by atoms with Crippen LogP contribution in [-0.4, -0.2) is 47.6 Å². The number of carbonyl (C=O) groups is 2. The van der Waals surface area contributed by atoms with Gasteiger partial charge in [-0.1, -0.05) is 0 Å². The SMILES string of the molecule is COc1ccc(F)cc1C(=O)N1CCCC(O)(C(N)=O)C1. The van der Waals surface area contributed by atoms with Crippen molar-refractivity contribution < 1.29 is 23.8 Å². The summed E-state index contributed by atoms with van der Waals surface area (Å²) in [5.41, 5.74) is 3.48. The van der Waals surface area contributed by atoms with Gasteiger partial charge in [-0.25, -0.2) is 4.39 Å². The number of likely N-dealkylation sites (tertiary alicyclic amines) is 1. The minimum atomic E-state index is -1.74. The zero-order valence-electron chi connectivity index (χ0n) is 11.6. The highest BCUT2D eigenvalue weighted by Crippen LogP contribution is 2.26. The Morgan fingerprint density at radius 2 is 2.19 bits per heavy atom. The Balaban J connectivity index is 2.28. The van der Waals surface area contributed by atoms with E-state index < -0.39 is 23.2 Å². The lowest BCUT2D eigenvalue weighted by Crippen LogP contribution is -2.57. The molecular formula is C14H17FN2O4. The second-order valence-corrected chi connectivity index (χ2v) is 5.07. The molecule has 0 radical (unpaired) electrons. The quantitative estimate of drug-likeness (QED) is 0.838. The van der Waals surface area contributed by atoms with Crippen molar-refractivity contribution in [1.82, 2.24) is 4.90 Å². The second-order valence-electron chi connectivity index (χ2n) is 5.07. The number of rotatable bonds is 3. The van der Waals surface area contributed by atoms with E-state index >= 15 is 0 Å². The summed E-state index contributed by atoms with van der Waals surface area (Å²) in [5, 5.41) is 10.1. The molecule has 3 N–H and O–H groups in total. The largest absolute Gasteiger partial charge is 0.496 e. The van der Waals surface area contributed by atoms with Crippen LogP contribution in [0.5, 0.6) is 5.75 Å². The fraction of sp³-hybridized carbons (Fsp3) is 0.429. The third-order valence-electron chi connectivity index (χ3n) is 3.61. The maximum Gasteiger partial charge on any atom is 0.257 e. The van der Waals surface area contributed by atoms with Crippen molar-refractivity contribution in [3.63, 3.8) is 0 Å². The van der Waals surface area contributed by atoms with Crippen molar-refractivity contribution in [3.05, 3.63) is 29.6 Å². The van der Waals surface area contributed by atoms with E-state index in [9.17, 15) is 19.1 Å². The average molecular weight is 296 g/mol. The number of hydrogen-bond donors (Lipinski definition) is 2. The molecule has 2 amide bonds. The topological polar surface area (TPSA) is 92.9 Å². The summed E-state index contributed by atoms with van der Waals surface area (Å²) in [7, 11) is 1.37. The molecular weight excluding hydrogens is 279 g/mol. The summed E-state index contributed by atoms with van der Waals surface area (Å²) in [5.74, 6) is -1.71. The van der Waals surface area contributed by atoms with E-state index in [2.05, 4.69) is 0 Å². The molecule has 1 heterocycles. The Morgan fingerprint density at radius 1 is 1.48 bits per heavy atom. The molecule has 21 heavy (non-hydrogen) atoms. The molecule has 0 spiro atoms. The van der Waals surface area contributed by atoms with E-state index in [1.165, 1.54) is 24.1 Å². The Kier molecular flexibility index (Phi) is 4.13. The van der Waals surface area contributed by atoms with Crippen LogP contribution in [-0.2, 0) is 4.79 Å². The number of ether oxygens (including phenoxy) is 1. The van der Waals surface area contributed by atoms with Gasteiger partial charge in [0.25, 0.3) is 11.8 Å². The number of methoxy groups -OCH3 is 1. The smallest absolute Gasteiger partial charge is 0.257 e. The molecule has 1 aromatic rings. The Hall–Kier alpha value is -2.15. The van der Waals surface area contributed by atoms with Crippen LogP contribution >= 0.6 is 0 Å². The van der Waals surface area contributed by atoms with Gasteiger partial charge in [-0.2, -0.15) is 0 Å². The summed E-state index contributed by atoms with van der Waals surface area (Å²) in [4.78, 5) is 25.0. The van der Waals surface area contributed by atoms with Gasteiger partial charge in [0.05, 0.1) is 19.2 Å². The van der Waals surface area contributed by atoms with Gasteiger partial charge in [-0.15, -0.1) is 0 Å². The third-order valence-corrected chi connectivity index (χ3v) is 3.61. The summed E-state index contributed by atoms with van der Waals surface area (Å²) in [6.45, 7) is 0.148. The van der Waals surface area contributed by atoms with Crippen molar-refractivity contribution in [2.24, 2.45) is 5.73 Å². The molecule has 1 atom stereocenters. The summed E-state index contributed by atoms with van der Waals surface area (Å²) >= 11 is 0. The number of nitrogens with zero attached hydrogens (tertiary/aromatic N) is 1. The number of nitrogens with two attached hydrogens (primary N) is 1. The number of halogens is 1. The molecule has 1 aliphatic heterocycles. The van der Waals surface area contributed by atoms with Gasteiger partial charge in [0.15, 0.2) is 5.60 Å². The predicted octanol–water partition coefficient (Wildman–Crippen LogP) is 0.287. The van der Waals surface area contributed by atoms with Crippen molar-refractivity contribution in [2.45, 2.75) is 18.4 Å². The average Bonchev–Trinajstić information content (AvgIpc) is 2.46. The first-order valence-electron chi connectivity index (χ1n) is 6.52. The van der Waals surface area contributed by atoms with Gasteiger partial charge in [0.2, 0.25) is 0 Å². The van der Waals surface area contributed by atoms with Gasteiger partial charge in [-0.05, 0) is 31.0 Å². The first-order valence-corrected chi connectivity index (χ1v) is 6.52. The van der Waals surface area contributed by atoms with Gasteiger partial charge in [0.1, 0.15) is 11.6 Å². The van der Waals surface area contributed by atoms with Crippen molar-refractivity contribution in [2.75, 3.05) is 20.2 Å². The minimum absolute atomic E-state index is 0.0474. The number of β-amino-alcohol motifs (C(OH)–C–C–N with tert-alkyl or cyclic N) is 1. The Bertz CT molecular complexity index is 578. The Labute approximate surface area is 121 Å². The van der Waals surface area contributed by atoms with E-state index in [1.54, 1.807) is 0 Å². The Morgan fingerprint density at radius 3 is 2.81 bits per heavy atom. The number of piperidine rings is 1. The molecule has 0 aliphatic carbocycles. The molecule has 114 valence electrons. The molecule has 0 saturated carbocycles. The lowest BCUT2D eigenvalue weighted by molar-refractivity contribution is -0.140. The number of carbonyl (C=O) groups excluding carboxylic acids is 2. The van der Waals surface area contributed by atoms with E-state index in [-0.39, 0.29) is 24.3 Å². The van der Waals surface area contributed by atoms with E-state index in [0.29, 0.717) is 13.0 Å². The third kappa shape index (κ3) is 2.97. The standard InChI is InChI=1S/C14H17FN2O4/c1-21-11-4-3-9(15)7-10(11)12(18)17-6-2-5-14(20,8-17)13(16)19/h3-4,7,20H,2,5-6,8H2,1H3,(H2,16,19). The fourth-order valence-corrected chi connectivity index (χ4v) is 2.43. The van der Waals surface area contributed by atoms with Gasteiger partial charge < -0.3 is 20.5 Å². The fourth-order valence-electron chi connectivity index (χ4n) is 2.43. The maximum absolute atomic E-state index is 13.3. The molecule has 0 aromatic heterocycles. The van der Waals surface area contributed by atoms with Crippen LogP contribution in [0.3, 0.4) is 0 Å². The van der Waals surface area contributed by atoms with Gasteiger partial charge in [0, 0.05) is 6.54 Å². The van der Waals surface area contributed by atoms with E-state index in [0.717, 1.165) is 6.07 Å². The van der Waals surface area contributed by atoms with Crippen molar-refractivity contribution >= 4 is 11.8 Å². The summed E-state index contributed by atoms with van der Waals surface area (Å²) in [6, 6.07) is 3.61. The summed E-state index contributed by atoms with van der Waals surface area (Å²) < 4.78 is 18.4. The molecule has 1 aromatic carbocycles. The van der Waals surface area contributed by atoms with E-state index in [1.807, 2.05) is 0 Å². The van der Waals surface area contributed by atoms with Crippen LogP contribution in [0.15, 0.2) is 18.2 Å². The van der Waals surface area contributed by atoms with Gasteiger partial charge in [-0.3, -0.25) is 9.59 Å².